The molecule has 1 aromatic carbocycles. The van der Waals surface area contributed by atoms with Gasteiger partial charge in [0.05, 0.1) is 0 Å². The Hall–Kier alpha value is -1.86. The Bertz CT molecular complexity index is 731. The number of carboxylic acids is 1. The highest BCUT2D eigenvalue weighted by Crippen LogP contribution is 2.29. The highest BCUT2D eigenvalue weighted by atomic mass is 32.2. The van der Waals surface area contributed by atoms with Crippen LogP contribution in [-0.4, -0.2) is 36.4 Å². The van der Waals surface area contributed by atoms with Gasteiger partial charge in [-0.05, 0) is 18.9 Å². The van der Waals surface area contributed by atoms with Gasteiger partial charge < -0.3 is 9.52 Å². The molecular weight excluding hydrogens is 282 g/mol. The largest absolute Gasteiger partial charge is 0.480 e. The first-order chi connectivity index (χ1) is 9.50. The lowest BCUT2D eigenvalue weighted by Crippen LogP contribution is -2.40. The topological polar surface area (TPSA) is 87.8 Å². The number of furan rings is 1. The van der Waals surface area contributed by atoms with E-state index in [1.165, 1.54) is 6.07 Å². The van der Waals surface area contributed by atoms with Crippen LogP contribution in [0.1, 0.15) is 12.8 Å². The van der Waals surface area contributed by atoms with Crippen molar-refractivity contribution in [3.8, 4) is 0 Å². The van der Waals surface area contributed by atoms with Gasteiger partial charge in [-0.3, -0.25) is 4.79 Å². The van der Waals surface area contributed by atoms with Crippen molar-refractivity contribution in [2.75, 3.05) is 6.54 Å². The van der Waals surface area contributed by atoms with Crippen molar-refractivity contribution in [2.24, 2.45) is 0 Å². The number of aliphatic carboxylic acids is 1. The highest BCUT2D eigenvalue weighted by Gasteiger charge is 2.41. The molecule has 0 radical (unpaired) electrons. The number of carbonyl (C=O) groups is 1. The molecule has 0 spiro atoms. The molecule has 0 unspecified atom stereocenters. The summed E-state index contributed by atoms with van der Waals surface area (Å²) in [7, 11) is -3.91. The van der Waals surface area contributed by atoms with Gasteiger partial charge >= 0.3 is 5.97 Å². The summed E-state index contributed by atoms with van der Waals surface area (Å²) in [4.78, 5) is 11.1. The molecule has 0 bridgehead atoms. The summed E-state index contributed by atoms with van der Waals surface area (Å²) < 4.78 is 31.3. The van der Waals surface area contributed by atoms with Gasteiger partial charge in [0.15, 0.2) is 0 Å². The predicted octanol–water partition coefficient (Wildman–Crippen LogP) is 1.67. The molecule has 106 valence electrons. The standard InChI is InChI=1S/C13H13NO5S/c15-13(16)10-5-3-7-14(10)20(17,18)12-8-9-4-1-2-6-11(9)19-12/h1-2,4,6,8,10H,3,5,7H2,(H,15,16)/t10-/m0/s1. The van der Waals surface area contributed by atoms with Crippen molar-refractivity contribution < 1.29 is 22.7 Å². The number of fused-ring (bicyclic) bond motifs is 1. The Kier molecular flexibility index (Phi) is 3.02. The van der Waals surface area contributed by atoms with Gasteiger partial charge in [-0.1, -0.05) is 18.2 Å². The molecule has 1 fully saturated rings. The molecule has 2 heterocycles. The van der Waals surface area contributed by atoms with Crippen LogP contribution in [0.3, 0.4) is 0 Å². The van der Waals surface area contributed by atoms with E-state index >= 15 is 0 Å². The molecular formula is C13H13NO5S. The fourth-order valence-corrected chi connectivity index (χ4v) is 4.08. The third kappa shape index (κ3) is 1.99. The number of para-hydroxylation sites is 1. The van der Waals surface area contributed by atoms with Crippen LogP contribution in [0.2, 0.25) is 0 Å². The first-order valence-corrected chi connectivity index (χ1v) is 7.67. The Labute approximate surface area is 115 Å². The fourth-order valence-electron chi connectivity index (χ4n) is 2.47. The van der Waals surface area contributed by atoms with E-state index in [1.807, 2.05) is 0 Å². The summed E-state index contributed by atoms with van der Waals surface area (Å²) in [6.45, 7) is 0.205. The van der Waals surface area contributed by atoms with E-state index in [4.69, 9.17) is 9.52 Å². The van der Waals surface area contributed by atoms with E-state index in [1.54, 1.807) is 24.3 Å². The van der Waals surface area contributed by atoms with Crippen molar-refractivity contribution in [3.63, 3.8) is 0 Å². The maximum atomic E-state index is 12.5. The van der Waals surface area contributed by atoms with Crippen molar-refractivity contribution >= 4 is 27.0 Å². The quantitative estimate of drug-likeness (QED) is 0.930. The van der Waals surface area contributed by atoms with Crippen LogP contribution in [-0.2, 0) is 14.8 Å². The van der Waals surface area contributed by atoms with Crippen LogP contribution in [0.5, 0.6) is 0 Å². The second-order valence-electron chi connectivity index (χ2n) is 4.72. The van der Waals surface area contributed by atoms with Crippen LogP contribution in [0.4, 0.5) is 0 Å². The molecule has 2 aromatic rings. The van der Waals surface area contributed by atoms with Crippen molar-refractivity contribution in [3.05, 3.63) is 30.3 Å². The molecule has 3 rings (SSSR count). The van der Waals surface area contributed by atoms with Crippen molar-refractivity contribution in [2.45, 2.75) is 24.0 Å². The smallest absolute Gasteiger partial charge is 0.322 e. The number of rotatable bonds is 3. The van der Waals surface area contributed by atoms with E-state index < -0.39 is 22.0 Å². The number of nitrogens with zero attached hydrogens (tertiary/aromatic N) is 1. The minimum absolute atomic E-state index is 0.202. The Morgan fingerprint density at radius 3 is 2.80 bits per heavy atom. The predicted molar refractivity (Wildman–Crippen MR) is 70.8 cm³/mol. The summed E-state index contributed by atoms with van der Waals surface area (Å²) in [6, 6.07) is 7.38. The van der Waals surface area contributed by atoms with Crippen molar-refractivity contribution in [1.82, 2.24) is 4.31 Å². The lowest BCUT2D eigenvalue weighted by Gasteiger charge is -2.19. The summed E-state index contributed by atoms with van der Waals surface area (Å²) in [6.07, 6.45) is 0.866. The number of benzene rings is 1. The Balaban J connectivity index is 2.05. The molecule has 1 N–H and O–H groups in total. The first kappa shape index (κ1) is 13.1. The SMILES string of the molecule is O=C(O)[C@@H]1CCCN1S(=O)(=O)c1cc2ccccc2o1. The molecule has 1 aliphatic rings. The highest BCUT2D eigenvalue weighted by molar-refractivity contribution is 7.89. The third-order valence-electron chi connectivity index (χ3n) is 3.45. The molecule has 7 heteroatoms. The van der Waals surface area contributed by atoms with E-state index in [2.05, 4.69) is 0 Å². The molecule has 0 aliphatic carbocycles. The first-order valence-electron chi connectivity index (χ1n) is 6.23. The van der Waals surface area contributed by atoms with Gasteiger partial charge in [0.1, 0.15) is 11.6 Å². The number of carboxylic acid groups (broad SMARTS) is 1. The summed E-state index contributed by atoms with van der Waals surface area (Å²) in [5, 5.41) is 9.57. The monoisotopic (exact) mass is 295 g/mol. The summed E-state index contributed by atoms with van der Waals surface area (Å²) in [5.41, 5.74) is 0.470. The second kappa shape index (κ2) is 4.60. The van der Waals surface area contributed by atoms with Gasteiger partial charge in [-0.25, -0.2) is 8.42 Å². The van der Waals surface area contributed by atoms with E-state index in [0.717, 1.165) is 4.31 Å². The third-order valence-corrected chi connectivity index (χ3v) is 5.22. The maximum absolute atomic E-state index is 12.5. The van der Waals surface area contributed by atoms with Gasteiger partial charge in [-0.15, -0.1) is 0 Å². The van der Waals surface area contributed by atoms with Crippen molar-refractivity contribution in [1.29, 1.82) is 0 Å². The zero-order valence-electron chi connectivity index (χ0n) is 10.5. The number of hydrogen-bond acceptors (Lipinski definition) is 4. The van der Waals surface area contributed by atoms with Gasteiger partial charge in [-0.2, -0.15) is 4.31 Å². The van der Waals surface area contributed by atoms with Gasteiger partial charge in [0, 0.05) is 18.0 Å². The van der Waals surface area contributed by atoms with Crippen LogP contribution < -0.4 is 0 Å². The Morgan fingerprint density at radius 1 is 1.35 bits per heavy atom. The fraction of sp³-hybridized carbons (Fsp3) is 0.308. The summed E-state index contributed by atoms with van der Waals surface area (Å²) >= 11 is 0. The molecule has 0 amide bonds. The van der Waals surface area contributed by atoms with E-state index in [9.17, 15) is 13.2 Å². The molecule has 20 heavy (non-hydrogen) atoms. The lowest BCUT2D eigenvalue weighted by atomic mass is 10.2. The maximum Gasteiger partial charge on any atom is 0.322 e. The molecule has 0 saturated carbocycles. The van der Waals surface area contributed by atoms with Crippen LogP contribution in [0, 0.1) is 0 Å². The minimum Gasteiger partial charge on any atom is -0.480 e. The molecule has 1 saturated heterocycles. The zero-order chi connectivity index (χ0) is 14.3. The van der Waals surface area contributed by atoms with E-state index in [0.29, 0.717) is 23.8 Å². The summed E-state index contributed by atoms with van der Waals surface area (Å²) in [5.74, 6) is -1.12. The van der Waals surface area contributed by atoms with Gasteiger partial charge in [0.2, 0.25) is 5.09 Å². The number of hydrogen-bond donors (Lipinski definition) is 1. The average Bonchev–Trinajstić information content (AvgIpc) is 3.05. The van der Waals surface area contributed by atoms with Gasteiger partial charge in [0.25, 0.3) is 10.0 Å². The molecule has 1 aliphatic heterocycles. The van der Waals surface area contributed by atoms with Crippen LogP contribution in [0.25, 0.3) is 11.0 Å². The number of sulfonamides is 1. The normalized spacial score (nSPS) is 20.5. The second-order valence-corrected chi connectivity index (χ2v) is 6.54. The minimum atomic E-state index is -3.91. The molecule has 1 aromatic heterocycles. The van der Waals surface area contributed by atoms with Crippen LogP contribution >= 0.6 is 0 Å². The average molecular weight is 295 g/mol. The zero-order valence-corrected chi connectivity index (χ0v) is 11.3. The molecule has 1 atom stereocenters. The lowest BCUT2D eigenvalue weighted by molar-refractivity contribution is -0.140. The Morgan fingerprint density at radius 2 is 2.10 bits per heavy atom. The van der Waals surface area contributed by atoms with Crippen LogP contribution in [0.15, 0.2) is 39.8 Å². The van der Waals surface area contributed by atoms with E-state index in [-0.39, 0.29) is 11.6 Å². The molecule has 6 nitrogen and oxygen atoms in total.